The Morgan fingerprint density at radius 1 is 0.264 bits per heavy atom. The van der Waals surface area contributed by atoms with Crippen LogP contribution in [-0.2, 0) is 65.4 Å². The summed E-state index contributed by atoms with van der Waals surface area (Å²) < 4.78 is 68.4. The summed E-state index contributed by atoms with van der Waals surface area (Å²) in [5, 5.41) is 10.7. The van der Waals surface area contributed by atoms with Crippen LogP contribution in [0.1, 0.15) is 297 Å². The number of carbonyl (C=O) groups is 4. The quantitative estimate of drug-likeness (QED) is 0.0169. The molecule has 0 aromatic carbocycles. The molecule has 110 heavy (non-hydrogen) atoms. The van der Waals surface area contributed by atoms with Crippen molar-refractivity contribution in [1.82, 2.24) is 0 Å². The number of phosphoric ester groups is 2. The Labute approximate surface area is 666 Å². The minimum atomic E-state index is -5.03. The van der Waals surface area contributed by atoms with Crippen molar-refractivity contribution in [2.24, 2.45) is 0 Å². The van der Waals surface area contributed by atoms with E-state index in [1.165, 1.54) is 89.9 Å². The summed E-state index contributed by atoms with van der Waals surface area (Å²) in [5.74, 6) is -2.48. The molecule has 0 spiro atoms. The number of hydrogen-bond donors (Lipinski definition) is 3. The third-order valence-electron chi connectivity index (χ3n) is 16.6. The number of hydrogen-bond acceptors (Lipinski definition) is 15. The predicted molar refractivity (Wildman–Crippen MR) is 454 cm³/mol. The average molecular weight is 1570 g/mol. The molecule has 17 nitrogen and oxygen atoms in total. The highest BCUT2D eigenvalue weighted by Crippen LogP contribution is 2.45. The van der Waals surface area contributed by atoms with Crippen LogP contribution in [0.2, 0.25) is 0 Å². The fraction of sp³-hybridized carbons (Fsp3) is 0.604. The molecule has 2 unspecified atom stereocenters. The molecule has 622 valence electrons. The average Bonchev–Trinajstić information content (AvgIpc) is 0.906. The van der Waals surface area contributed by atoms with E-state index >= 15 is 0 Å². The lowest BCUT2D eigenvalue weighted by molar-refractivity contribution is -0.161. The Kier molecular flexibility index (Phi) is 76.4. The SMILES string of the molecule is CC/C=C\C/C=C\C/C=C\C/C=C\C/C=C\C/C=C\CCC(=O)OC[C@H](COP(=O)(O)OC[C@@H](O)COP(=O)(O)OC[C@@H](COC(=O)CCCCCCCCCCCCCCC)OC(=O)CC/C=C\C/C=C\C/C=C\C/C=C\C/C=C\CCCCC)OC(=O)CC/C=C\C/C=C\C/C=C\C/C=C\C/C=C\CCCCC. The second kappa shape index (κ2) is 80.9. The molecule has 0 aliphatic carbocycles. The lowest BCUT2D eigenvalue weighted by Crippen LogP contribution is -2.30. The molecule has 19 heteroatoms. The van der Waals surface area contributed by atoms with E-state index in [0.29, 0.717) is 44.9 Å². The van der Waals surface area contributed by atoms with E-state index < -0.39 is 97.5 Å². The molecule has 0 aromatic rings. The minimum absolute atomic E-state index is 0.0113. The van der Waals surface area contributed by atoms with Crippen molar-refractivity contribution in [3.05, 3.63) is 194 Å². The third-order valence-corrected chi connectivity index (χ3v) is 18.5. The molecule has 0 aliphatic heterocycles. The van der Waals surface area contributed by atoms with Gasteiger partial charge in [0.05, 0.1) is 26.4 Å². The van der Waals surface area contributed by atoms with E-state index in [-0.39, 0.29) is 25.7 Å². The summed E-state index contributed by atoms with van der Waals surface area (Å²) in [4.78, 5) is 73.1. The van der Waals surface area contributed by atoms with Gasteiger partial charge in [0.25, 0.3) is 0 Å². The van der Waals surface area contributed by atoms with Gasteiger partial charge < -0.3 is 33.8 Å². The lowest BCUT2D eigenvalue weighted by atomic mass is 10.0. The molecule has 0 saturated carbocycles. The van der Waals surface area contributed by atoms with E-state index in [2.05, 4.69) is 167 Å². The minimum Gasteiger partial charge on any atom is -0.462 e. The number of carbonyl (C=O) groups excluding carboxylic acids is 4. The number of phosphoric acid groups is 2. The second-order valence-corrected chi connectivity index (χ2v) is 29.9. The molecular formula is C91H146O17P2. The summed E-state index contributed by atoms with van der Waals surface area (Å²) >= 11 is 0. The van der Waals surface area contributed by atoms with E-state index in [4.69, 9.17) is 37.0 Å². The van der Waals surface area contributed by atoms with Crippen molar-refractivity contribution in [3.8, 4) is 0 Å². The molecule has 0 aliphatic rings. The van der Waals surface area contributed by atoms with Crippen LogP contribution >= 0.6 is 15.6 Å². The molecule has 3 N–H and O–H groups in total. The molecule has 0 radical (unpaired) electrons. The maximum atomic E-state index is 13.1. The zero-order valence-corrected chi connectivity index (χ0v) is 69.9. The summed E-state index contributed by atoms with van der Waals surface area (Å²) in [6.45, 7) is 4.44. The number of ether oxygens (including phenoxy) is 4. The highest BCUT2D eigenvalue weighted by molar-refractivity contribution is 7.47. The van der Waals surface area contributed by atoms with Crippen LogP contribution in [0.3, 0.4) is 0 Å². The van der Waals surface area contributed by atoms with Gasteiger partial charge in [-0.2, -0.15) is 0 Å². The molecule has 0 saturated heterocycles. The molecule has 0 amide bonds. The van der Waals surface area contributed by atoms with E-state index in [0.717, 1.165) is 109 Å². The van der Waals surface area contributed by atoms with Crippen molar-refractivity contribution in [3.63, 3.8) is 0 Å². The first-order chi connectivity index (χ1) is 53.7. The number of unbranched alkanes of at least 4 members (excludes halogenated alkanes) is 18. The van der Waals surface area contributed by atoms with Gasteiger partial charge in [-0.25, -0.2) is 9.13 Å². The second-order valence-electron chi connectivity index (χ2n) is 27.0. The van der Waals surface area contributed by atoms with Crippen molar-refractivity contribution in [2.75, 3.05) is 39.6 Å². The Bertz CT molecular complexity index is 2850. The predicted octanol–water partition coefficient (Wildman–Crippen LogP) is 24.9. The highest BCUT2D eigenvalue weighted by Gasteiger charge is 2.30. The van der Waals surface area contributed by atoms with Crippen LogP contribution in [-0.4, -0.2) is 96.7 Å². The van der Waals surface area contributed by atoms with Gasteiger partial charge in [0.15, 0.2) is 12.2 Å². The van der Waals surface area contributed by atoms with Gasteiger partial charge in [0, 0.05) is 25.7 Å². The van der Waals surface area contributed by atoms with E-state index in [9.17, 15) is 43.2 Å². The first kappa shape index (κ1) is 104. The van der Waals surface area contributed by atoms with Crippen LogP contribution in [0.25, 0.3) is 0 Å². The van der Waals surface area contributed by atoms with Gasteiger partial charge in [0.1, 0.15) is 19.3 Å². The van der Waals surface area contributed by atoms with Gasteiger partial charge in [0.2, 0.25) is 0 Å². The van der Waals surface area contributed by atoms with Gasteiger partial charge in [-0.05, 0) is 141 Å². The number of rotatable bonds is 76. The number of aliphatic hydroxyl groups excluding tert-OH is 1. The van der Waals surface area contributed by atoms with Gasteiger partial charge in [-0.1, -0.05) is 325 Å². The zero-order valence-electron chi connectivity index (χ0n) is 68.1. The smallest absolute Gasteiger partial charge is 0.462 e. The maximum absolute atomic E-state index is 13.1. The van der Waals surface area contributed by atoms with Crippen molar-refractivity contribution >= 4 is 39.5 Å². The summed E-state index contributed by atoms with van der Waals surface area (Å²) in [5.41, 5.74) is 0. The first-order valence-corrected chi connectivity index (χ1v) is 44.7. The van der Waals surface area contributed by atoms with E-state index in [1.54, 1.807) is 0 Å². The number of aliphatic hydroxyl groups is 1. The zero-order chi connectivity index (χ0) is 80.3. The van der Waals surface area contributed by atoms with Crippen molar-refractivity contribution in [1.29, 1.82) is 0 Å². The fourth-order valence-corrected chi connectivity index (χ4v) is 11.8. The summed E-state index contributed by atoms with van der Waals surface area (Å²) in [6, 6.07) is 0. The van der Waals surface area contributed by atoms with Gasteiger partial charge in [-0.15, -0.1) is 0 Å². The van der Waals surface area contributed by atoms with Crippen LogP contribution in [0.4, 0.5) is 0 Å². The monoisotopic (exact) mass is 1570 g/mol. The van der Waals surface area contributed by atoms with Gasteiger partial charge in [-0.3, -0.25) is 37.3 Å². The molecule has 0 heterocycles. The third kappa shape index (κ3) is 80.0. The van der Waals surface area contributed by atoms with Crippen molar-refractivity contribution in [2.45, 2.75) is 316 Å². The fourth-order valence-electron chi connectivity index (χ4n) is 10.3. The standard InChI is InChI=1S/C91H146O17P2/c1-5-9-13-17-21-25-29-33-36-39-42-45-48-52-56-60-64-68-72-76-89(94)102-82-87(108-91(96)78-74-70-66-62-58-54-50-47-44-41-38-35-31-27-23-19-15-11-7-3)84-106-110(99,100)104-80-85(92)79-103-109(97,98)105-83-86(81-101-88(93)75-71-67-63-59-55-51-32-28-24-20-16-12-8-4)107-90(95)77-73-69-65-61-57-53-49-46-43-40-37-34-30-26-22-18-14-10-6-2/h9,13,21-23,25-27,33-38,42-47,52-54,56-58,64-66,68-70,85-87,92H,5-8,10-12,14-20,24,28-32,39-41,48-51,55,59-63,67,71-84H2,1-4H3,(H,97,98)(H,99,100)/b13-9-,25-21-,26-22-,27-23-,36-33-,37-34-,38-35-,45-42-,46-43-,47-44-,56-52-,57-53-,58-54-,68-64-,69-65-,70-66-/t85-,86+,87+/m0/s1. The Balaban J connectivity index is 5.59. The Morgan fingerprint density at radius 2 is 0.491 bits per heavy atom. The number of allylic oxidation sites excluding steroid dienone is 32. The van der Waals surface area contributed by atoms with Gasteiger partial charge >= 0.3 is 39.5 Å². The topological polar surface area (TPSA) is 237 Å². The van der Waals surface area contributed by atoms with Crippen LogP contribution in [0, 0.1) is 0 Å². The highest BCUT2D eigenvalue weighted by atomic mass is 31.2. The Morgan fingerprint density at radius 3 is 0.782 bits per heavy atom. The molecule has 0 bridgehead atoms. The summed E-state index contributed by atoms with van der Waals surface area (Å²) in [7, 11) is -10.0. The van der Waals surface area contributed by atoms with Crippen LogP contribution in [0.5, 0.6) is 0 Å². The van der Waals surface area contributed by atoms with E-state index in [1.807, 2.05) is 54.7 Å². The maximum Gasteiger partial charge on any atom is 0.472 e. The molecule has 0 aromatic heterocycles. The summed E-state index contributed by atoms with van der Waals surface area (Å²) in [6.07, 6.45) is 100. The Hall–Kier alpha value is -6.10. The number of esters is 4. The molecule has 5 atom stereocenters. The normalized spacial score (nSPS) is 14.8. The first-order valence-electron chi connectivity index (χ1n) is 41.7. The van der Waals surface area contributed by atoms with Crippen LogP contribution < -0.4 is 0 Å². The molecule has 0 rings (SSSR count). The van der Waals surface area contributed by atoms with Crippen molar-refractivity contribution < 1.29 is 80.2 Å². The molecular weight excluding hydrogens is 1430 g/mol. The molecule has 0 fully saturated rings. The van der Waals surface area contributed by atoms with Crippen LogP contribution in [0.15, 0.2) is 194 Å². The largest absolute Gasteiger partial charge is 0.472 e. The lowest BCUT2D eigenvalue weighted by Gasteiger charge is -2.21.